The van der Waals surface area contributed by atoms with Crippen molar-refractivity contribution in [2.24, 2.45) is 0 Å². The van der Waals surface area contributed by atoms with Gasteiger partial charge >= 0.3 is 11.8 Å². The van der Waals surface area contributed by atoms with Crippen LogP contribution in [-0.4, -0.2) is 49.7 Å². The summed E-state index contributed by atoms with van der Waals surface area (Å²) in [6.45, 7) is 0.565. The van der Waals surface area contributed by atoms with Crippen LogP contribution in [0.15, 0.2) is 35.2 Å². The van der Waals surface area contributed by atoms with Crippen LogP contribution in [0.1, 0.15) is 38.5 Å². The highest BCUT2D eigenvalue weighted by molar-refractivity contribution is 7.89. The lowest BCUT2D eigenvalue weighted by atomic mass is 10.2. The molecule has 2 N–H and O–H groups in total. The van der Waals surface area contributed by atoms with Gasteiger partial charge < -0.3 is 10.6 Å². The summed E-state index contributed by atoms with van der Waals surface area (Å²) in [5, 5.41) is 5.33. The second-order valence-electron chi connectivity index (χ2n) is 6.89. The molecule has 0 spiro atoms. The number of nitrogens with one attached hydrogen (secondary N) is 2. The van der Waals surface area contributed by atoms with E-state index in [4.69, 9.17) is 0 Å². The van der Waals surface area contributed by atoms with Gasteiger partial charge in [-0.3, -0.25) is 9.59 Å². The van der Waals surface area contributed by atoms with E-state index in [1.165, 1.54) is 4.31 Å². The van der Waals surface area contributed by atoms with Gasteiger partial charge in [-0.05, 0) is 37.8 Å². The van der Waals surface area contributed by atoms with E-state index in [2.05, 4.69) is 10.6 Å². The number of sulfonamides is 1. The molecule has 1 saturated heterocycles. The van der Waals surface area contributed by atoms with Crippen LogP contribution in [0.4, 0.5) is 0 Å². The van der Waals surface area contributed by atoms with Gasteiger partial charge in [-0.2, -0.15) is 4.31 Å². The molecule has 1 atom stereocenters. The van der Waals surface area contributed by atoms with Crippen LogP contribution in [0.3, 0.4) is 0 Å². The molecule has 142 valence electrons. The maximum Gasteiger partial charge on any atom is 0.309 e. The predicted octanol–water partition coefficient (Wildman–Crippen LogP) is 1.01. The normalized spacial score (nSPS) is 21.6. The number of carbonyl (C=O) groups is 2. The zero-order chi connectivity index (χ0) is 18.6. The van der Waals surface area contributed by atoms with Crippen molar-refractivity contribution in [2.75, 3.05) is 13.1 Å². The maximum absolute atomic E-state index is 12.8. The molecule has 2 amide bonds. The van der Waals surface area contributed by atoms with E-state index in [0.717, 1.165) is 32.1 Å². The van der Waals surface area contributed by atoms with Gasteiger partial charge in [-0.25, -0.2) is 8.42 Å². The third-order valence-electron chi connectivity index (χ3n) is 5.07. The van der Waals surface area contributed by atoms with E-state index < -0.39 is 21.8 Å². The van der Waals surface area contributed by atoms with Gasteiger partial charge in [0.2, 0.25) is 10.0 Å². The number of amides is 2. The van der Waals surface area contributed by atoms with Crippen molar-refractivity contribution in [1.82, 2.24) is 14.9 Å². The Hall–Kier alpha value is -1.93. The Labute approximate surface area is 154 Å². The second kappa shape index (κ2) is 8.18. The van der Waals surface area contributed by atoms with E-state index in [-0.39, 0.29) is 23.5 Å². The zero-order valence-electron chi connectivity index (χ0n) is 14.7. The van der Waals surface area contributed by atoms with Gasteiger partial charge in [-0.15, -0.1) is 0 Å². The minimum Gasteiger partial charge on any atom is -0.346 e. The molecule has 0 aromatic heterocycles. The van der Waals surface area contributed by atoms with Crippen LogP contribution < -0.4 is 10.6 Å². The number of nitrogens with zero attached hydrogens (tertiary/aromatic N) is 1. The Morgan fingerprint density at radius 1 is 1.00 bits per heavy atom. The SMILES string of the molecule is O=C(NCC1CCCN1S(=O)(=O)c1ccccc1)C(=O)NC1CCCC1. The molecular formula is C18H25N3O4S. The molecule has 0 radical (unpaired) electrons. The minimum absolute atomic E-state index is 0.0784. The van der Waals surface area contributed by atoms with Crippen LogP contribution in [0.2, 0.25) is 0 Å². The summed E-state index contributed by atoms with van der Waals surface area (Å²) < 4.78 is 27.0. The first-order valence-corrected chi connectivity index (χ1v) is 10.6. The first-order chi connectivity index (χ1) is 12.5. The standard InChI is InChI=1S/C18H25N3O4S/c22-17(18(23)20-14-7-4-5-8-14)19-13-15-9-6-12-21(15)26(24,25)16-10-2-1-3-11-16/h1-3,10-11,14-15H,4-9,12-13H2,(H,19,22)(H,20,23). The topological polar surface area (TPSA) is 95.6 Å². The lowest BCUT2D eigenvalue weighted by molar-refractivity contribution is -0.139. The average Bonchev–Trinajstić information content (AvgIpc) is 3.32. The summed E-state index contributed by atoms with van der Waals surface area (Å²) in [4.78, 5) is 24.2. The second-order valence-corrected chi connectivity index (χ2v) is 8.78. The Kier molecular flexibility index (Phi) is 5.93. The average molecular weight is 379 g/mol. The quantitative estimate of drug-likeness (QED) is 0.747. The smallest absolute Gasteiger partial charge is 0.309 e. The van der Waals surface area contributed by atoms with Crippen LogP contribution in [0.5, 0.6) is 0 Å². The van der Waals surface area contributed by atoms with Gasteiger partial charge in [0.15, 0.2) is 0 Å². The molecule has 1 saturated carbocycles. The van der Waals surface area contributed by atoms with Gasteiger partial charge in [0.05, 0.1) is 4.90 Å². The number of benzene rings is 1. The molecule has 26 heavy (non-hydrogen) atoms. The fourth-order valence-electron chi connectivity index (χ4n) is 3.67. The monoisotopic (exact) mass is 379 g/mol. The van der Waals surface area contributed by atoms with Crippen molar-refractivity contribution in [2.45, 2.75) is 55.5 Å². The van der Waals surface area contributed by atoms with E-state index >= 15 is 0 Å². The molecule has 0 bridgehead atoms. The van der Waals surface area contributed by atoms with Gasteiger partial charge in [-0.1, -0.05) is 31.0 Å². The molecule has 1 aromatic carbocycles. The highest BCUT2D eigenvalue weighted by atomic mass is 32.2. The number of carbonyl (C=O) groups excluding carboxylic acids is 2. The molecule has 1 heterocycles. The molecule has 1 aliphatic heterocycles. The predicted molar refractivity (Wildman–Crippen MR) is 96.8 cm³/mol. The van der Waals surface area contributed by atoms with Crippen molar-refractivity contribution in [3.8, 4) is 0 Å². The maximum atomic E-state index is 12.8. The zero-order valence-corrected chi connectivity index (χ0v) is 15.5. The lowest BCUT2D eigenvalue weighted by Crippen LogP contribution is -2.48. The fourth-order valence-corrected chi connectivity index (χ4v) is 5.38. The Balaban J connectivity index is 1.57. The number of rotatable bonds is 5. The summed E-state index contributed by atoms with van der Waals surface area (Å²) in [5.41, 5.74) is 0. The molecule has 7 nitrogen and oxygen atoms in total. The van der Waals surface area contributed by atoms with Crippen LogP contribution in [0, 0.1) is 0 Å². The summed E-state index contributed by atoms with van der Waals surface area (Å²) in [6, 6.07) is 8.03. The van der Waals surface area contributed by atoms with E-state index in [9.17, 15) is 18.0 Å². The lowest BCUT2D eigenvalue weighted by Gasteiger charge is -2.24. The Morgan fingerprint density at radius 2 is 1.69 bits per heavy atom. The highest BCUT2D eigenvalue weighted by Crippen LogP contribution is 2.25. The van der Waals surface area contributed by atoms with Crippen molar-refractivity contribution < 1.29 is 18.0 Å². The van der Waals surface area contributed by atoms with Crippen molar-refractivity contribution in [3.05, 3.63) is 30.3 Å². The molecule has 1 aliphatic carbocycles. The number of hydrogen-bond donors (Lipinski definition) is 2. The molecular weight excluding hydrogens is 354 g/mol. The van der Waals surface area contributed by atoms with E-state index in [1.807, 2.05) is 0 Å². The molecule has 8 heteroatoms. The van der Waals surface area contributed by atoms with Crippen molar-refractivity contribution in [1.29, 1.82) is 0 Å². The first kappa shape index (κ1) is 18.8. The molecule has 1 aromatic rings. The summed E-state index contributed by atoms with van der Waals surface area (Å²) in [6.07, 6.45) is 5.36. The van der Waals surface area contributed by atoms with Crippen LogP contribution >= 0.6 is 0 Å². The van der Waals surface area contributed by atoms with Gasteiger partial charge in [0, 0.05) is 25.2 Å². The van der Waals surface area contributed by atoms with Crippen molar-refractivity contribution in [3.63, 3.8) is 0 Å². The largest absolute Gasteiger partial charge is 0.346 e. The Bertz CT molecular complexity index is 745. The summed E-state index contributed by atoms with van der Waals surface area (Å²) >= 11 is 0. The molecule has 2 fully saturated rings. The van der Waals surface area contributed by atoms with E-state index in [1.54, 1.807) is 30.3 Å². The van der Waals surface area contributed by atoms with E-state index in [0.29, 0.717) is 13.0 Å². The van der Waals surface area contributed by atoms with Crippen LogP contribution in [-0.2, 0) is 19.6 Å². The fraction of sp³-hybridized carbons (Fsp3) is 0.556. The molecule has 2 aliphatic rings. The van der Waals surface area contributed by atoms with Gasteiger partial charge in [0.25, 0.3) is 0 Å². The summed E-state index contributed by atoms with van der Waals surface area (Å²) in [7, 11) is -3.59. The third kappa shape index (κ3) is 4.24. The van der Waals surface area contributed by atoms with Gasteiger partial charge in [0.1, 0.15) is 0 Å². The highest BCUT2D eigenvalue weighted by Gasteiger charge is 2.35. The number of hydrogen-bond acceptors (Lipinski definition) is 4. The molecule has 1 unspecified atom stereocenters. The summed E-state index contributed by atoms with van der Waals surface area (Å²) in [5.74, 6) is -1.33. The molecule has 3 rings (SSSR count). The first-order valence-electron chi connectivity index (χ1n) is 9.14. The third-order valence-corrected chi connectivity index (χ3v) is 7.03. The van der Waals surface area contributed by atoms with Crippen molar-refractivity contribution >= 4 is 21.8 Å². The Morgan fingerprint density at radius 3 is 2.38 bits per heavy atom. The minimum atomic E-state index is -3.59. The van der Waals surface area contributed by atoms with Crippen LogP contribution in [0.25, 0.3) is 0 Å².